The van der Waals surface area contributed by atoms with Crippen LogP contribution >= 0.6 is 0 Å². The van der Waals surface area contributed by atoms with Gasteiger partial charge in [0.2, 0.25) is 0 Å². The number of benzene rings is 3. The minimum atomic E-state index is 0.237. The number of hydrogen-bond acceptors (Lipinski definition) is 3. The number of nitrogens with zero attached hydrogens (tertiary/aromatic N) is 2. The van der Waals surface area contributed by atoms with Crippen molar-refractivity contribution >= 4 is 27.6 Å². The third-order valence-electron chi connectivity index (χ3n) is 3.68. The highest BCUT2D eigenvalue weighted by Gasteiger charge is 2.08. The molecule has 0 spiro atoms. The van der Waals surface area contributed by atoms with Crippen molar-refractivity contribution in [2.75, 3.05) is 0 Å². The molecule has 0 bridgehead atoms. The highest BCUT2D eigenvalue weighted by Crippen LogP contribution is 2.21. The van der Waals surface area contributed by atoms with Gasteiger partial charge in [-0.3, -0.25) is 0 Å². The van der Waals surface area contributed by atoms with Gasteiger partial charge in [-0.25, -0.2) is 9.97 Å². The second-order valence-electron chi connectivity index (χ2n) is 4.93. The van der Waals surface area contributed by atoms with Crippen LogP contribution in [-0.4, -0.2) is 15.1 Å². The topological polar surface area (TPSA) is 46.0 Å². The maximum Gasteiger partial charge on any atom is 0.132 e. The van der Waals surface area contributed by atoms with E-state index in [-0.39, 0.29) is 5.76 Å². The zero-order chi connectivity index (χ0) is 14.2. The fourth-order valence-corrected chi connectivity index (χ4v) is 2.67. The van der Waals surface area contributed by atoms with E-state index < -0.39 is 0 Å². The van der Waals surface area contributed by atoms with Crippen molar-refractivity contribution in [2.45, 2.75) is 0 Å². The summed E-state index contributed by atoms with van der Waals surface area (Å²) in [6.45, 7) is 0. The number of rotatable bonds is 1. The molecule has 0 radical (unpaired) electrons. The van der Waals surface area contributed by atoms with Crippen LogP contribution in [0, 0.1) is 0 Å². The molecular formula is C18H12N2O. The molecule has 0 aliphatic heterocycles. The van der Waals surface area contributed by atoms with Crippen LogP contribution in [0.5, 0.6) is 0 Å². The van der Waals surface area contributed by atoms with Gasteiger partial charge in [0.05, 0.1) is 11.0 Å². The third-order valence-corrected chi connectivity index (χ3v) is 3.68. The van der Waals surface area contributed by atoms with Gasteiger partial charge in [0.1, 0.15) is 12.1 Å². The van der Waals surface area contributed by atoms with Gasteiger partial charge in [-0.2, -0.15) is 0 Å². The monoisotopic (exact) mass is 272 g/mol. The van der Waals surface area contributed by atoms with Crippen molar-refractivity contribution < 1.29 is 5.11 Å². The van der Waals surface area contributed by atoms with Crippen LogP contribution in [0.25, 0.3) is 27.6 Å². The lowest BCUT2D eigenvalue weighted by atomic mass is 10.0. The van der Waals surface area contributed by atoms with Crippen LogP contribution < -0.4 is 5.22 Å². The maximum atomic E-state index is 10.6. The molecule has 0 saturated carbocycles. The molecule has 0 saturated heterocycles. The normalized spacial score (nSPS) is 12.8. The van der Waals surface area contributed by atoms with Gasteiger partial charge < -0.3 is 5.11 Å². The lowest BCUT2D eigenvalue weighted by molar-refractivity contribution is 0.508. The zero-order valence-corrected chi connectivity index (χ0v) is 11.2. The summed E-state index contributed by atoms with van der Waals surface area (Å²) in [5.74, 6) is 0.237. The Bertz CT molecular complexity index is 971. The molecule has 3 nitrogen and oxygen atoms in total. The Morgan fingerprint density at radius 1 is 0.810 bits per heavy atom. The van der Waals surface area contributed by atoms with Crippen molar-refractivity contribution in [1.29, 1.82) is 0 Å². The van der Waals surface area contributed by atoms with Crippen LogP contribution in [0.3, 0.4) is 0 Å². The largest absolute Gasteiger partial charge is 0.507 e. The lowest BCUT2D eigenvalue weighted by Crippen LogP contribution is -2.10. The first-order valence-corrected chi connectivity index (χ1v) is 6.75. The Morgan fingerprint density at radius 3 is 2.52 bits per heavy atom. The van der Waals surface area contributed by atoms with E-state index in [2.05, 4.69) is 9.97 Å². The predicted molar refractivity (Wildman–Crippen MR) is 83.8 cm³/mol. The summed E-state index contributed by atoms with van der Waals surface area (Å²) in [6.07, 6.45) is 1.54. The molecule has 4 aromatic rings. The third kappa shape index (κ3) is 1.82. The summed E-state index contributed by atoms with van der Waals surface area (Å²) in [5, 5.41) is 13.4. The fraction of sp³-hybridized carbons (Fsp3) is 0. The van der Waals surface area contributed by atoms with Crippen molar-refractivity contribution in [3.8, 4) is 0 Å². The lowest BCUT2D eigenvalue weighted by Gasteiger charge is -2.06. The van der Waals surface area contributed by atoms with E-state index in [1.165, 1.54) is 0 Å². The first-order chi connectivity index (χ1) is 10.3. The molecule has 1 aromatic heterocycles. The van der Waals surface area contributed by atoms with Gasteiger partial charge in [0.25, 0.3) is 0 Å². The first-order valence-electron chi connectivity index (χ1n) is 6.75. The number of aromatic nitrogens is 2. The van der Waals surface area contributed by atoms with Gasteiger partial charge in [-0.15, -0.1) is 0 Å². The quantitative estimate of drug-likeness (QED) is 0.578. The van der Waals surface area contributed by atoms with Gasteiger partial charge in [-0.1, -0.05) is 48.5 Å². The Kier molecular flexibility index (Phi) is 2.57. The number of aliphatic hydroxyl groups excluding tert-OH is 1. The van der Waals surface area contributed by atoms with Crippen molar-refractivity contribution in [3.05, 3.63) is 77.8 Å². The smallest absolute Gasteiger partial charge is 0.132 e. The summed E-state index contributed by atoms with van der Waals surface area (Å²) >= 11 is 0. The van der Waals surface area contributed by atoms with E-state index in [4.69, 9.17) is 0 Å². The molecule has 3 aromatic carbocycles. The minimum absolute atomic E-state index is 0.237. The van der Waals surface area contributed by atoms with Crippen molar-refractivity contribution in [3.63, 3.8) is 0 Å². The highest BCUT2D eigenvalue weighted by molar-refractivity contribution is 6.07. The van der Waals surface area contributed by atoms with E-state index in [0.717, 1.165) is 32.6 Å². The Hall–Kier alpha value is -2.94. The number of aliphatic hydroxyl groups is 1. The summed E-state index contributed by atoms with van der Waals surface area (Å²) in [5.41, 5.74) is 2.45. The fourth-order valence-electron chi connectivity index (χ4n) is 2.67. The summed E-state index contributed by atoms with van der Waals surface area (Å²) in [4.78, 5) is 8.69. The molecule has 0 unspecified atom stereocenters. The average Bonchev–Trinajstić information content (AvgIpc) is 2.56. The van der Waals surface area contributed by atoms with Gasteiger partial charge in [-0.05, 0) is 17.5 Å². The van der Waals surface area contributed by atoms with Crippen LogP contribution in [0.15, 0.2) is 67.0 Å². The van der Waals surface area contributed by atoms with Crippen molar-refractivity contribution in [2.24, 2.45) is 0 Å². The molecule has 3 heteroatoms. The maximum absolute atomic E-state index is 10.6. The summed E-state index contributed by atoms with van der Waals surface area (Å²) in [6, 6.07) is 19.4. The van der Waals surface area contributed by atoms with Gasteiger partial charge >= 0.3 is 0 Å². The minimum Gasteiger partial charge on any atom is -0.507 e. The van der Waals surface area contributed by atoms with Crippen LogP contribution in [0.2, 0.25) is 0 Å². The second kappa shape index (κ2) is 4.56. The van der Waals surface area contributed by atoms with Crippen LogP contribution in [-0.2, 0) is 0 Å². The Morgan fingerprint density at radius 2 is 1.67 bits per heavy atom. The van der Waals surface area contributed by atoms with E-state index in [9.17, 15) is 5.11 Å². The summed E-state index contributed by atoms with van der Waals surface area (Å²) < 4.78 is 0. The average molecular weight is 272 g/mol. The van der Waals surface area contributed by atoms with E-state index in [1.807, 2.05) is 60.7 Å². The van der Waals surface area contributed by atoms with E-state index in [1.54, 1.807) is 6.33 Å². The predicted octanol–water partition coefficient (Wildman–Crippen LogP) is 3.22. The molecule has 21 heavy (non-hydrogen) atoms. The molecule has 0 atom stereocenters. The second-order valence-corrected chi connectivity index (χ2v) is 4.93. The molecule has 1 N–H and O–H groups in total. The molecular weight excluding hydrogens is 260 g/mol. The highest BCUT2D eigenvalue weighted by atomic mass is 16.3. The Labute approximate surface area is 121 Å². The molecule has 0 amide bonds. The molecule has 4 rings (SSSR count). The number of hydrogen-bond donors (Lipinski definition) is 1. The standard InChI is InChI=1S/C18H12N2O/c21-18(13-5-2-1-3-6-13)14-10-9-12-7-4-8-15-16(12)17(14)20-11-19-15/h1-11,21H/b18-14-. The Balaban J connectivity index is 2.18. The molecule has 0 fully saturated rings. The van der Waals surface area contributed by atoms with E-state index >= 15 is 0 Å². The van der Waals surface area contributed by atoms with Crippen LogP contribution in [0.1, 0.15) is 5.56 Å². The SMILES string of the molecule is O/C(c1ccccc1)=c1/ccc2cccc3ncnc1c23. The molecule has 1 heterocycles. The van der Waals surface area contributed by atoms with Crippen molar-refractivity contribution in [1.82, 2.24) is 9.97 Å². The molecule has 0 aliphatic rings. The molecule has 0 aliphatic carbocycles. The van der Waals surface area contributed by atoms with Crippen LogP contribution in [0.4, 0.5) is 0 Å². The van der Waals surface area contributed by atoms with Gasteiger partial charge in [0, 0.05) is 16.2 Å². The van der Waals surface area contributed by atoms with Gasteiger partial charge in [0.15, 0.2) is 0 Å². The summed E-state index contributed by atoms with van der Waals surface area (Å²) in [7, 11) is 0. The first kappa shape index (κ1) is 11.9. The zero-order valence-electron chi connectivity index (χ0n) is 11.2. The molecule has 100 valence electrons. The van der Waals surface area contributed by atoms with E-state index in [0.29, 0.717) is 0 Å².